The molecule has 0 unspecified atom stereocenters. The first kappa shape index (κ1) is 13.9. The van der Waals surface area contributed by atoms with E-state index in [0.717, 1.165) is 27.6 Å². The number of fused-ring (bicyclic) bond motifs is 1. The van der Waals surface area contributed by atoms with Crippen LogP contribution < -0.4 is 0 Å². The van der Waals surface area contributed by atoms with Crippen molar-refractivity contribution in [1.82, 2.24) is 3.97 Å². The summed E-state index contributed by atoms with van der Waals surface area (Å²) in [4.78, 5) is 0.311. The number of hydrogen-bond donors (Lipinski definition) is 0. The van der Waals surface area contributed by atoms with E-state index in [1.165, 1.54) is 3.97 Å². The predicted molar refractivity (Wildman–Crippen MR) is 85.2 cm³/mol. The number of benzene rings is 2. The summed E-state index contributed by atoms with van der Waals surface area (Å²) in [7, 11) is -3.56. The van der Waals surface area contributed by atoms with Crippen molar-refractivity contribution in [2.24, 2.45) is 0 Å². The normalized spacial score (nSPS) is 12.0. The van der Waals surface area contributed by atoms with Crippen LogP contribution in [0.4, 0.5) is 0 Å². The van der Waals surface area contributed by atoms with E-state index in [-0.39, 0.29) is 0 Å². The molecule has 0 radical (unpaired) electrons. The monoisotopic (exact) mass is 299 g/mol. The smallest absolute Gasteiger partial charge is 0.241 e. The van der Waals surface area contributed by atoms with Gasteiger partial charge in [-0.1, -0.05) is 29.3 Å². The maximum Gasteiger partial charge on any atom is 0.268 e. The molecule has 21 heavy (non-hydrogen) atoms. The summed E-state index contributed by atoms with van der Waals surface area (Å²) in [5.74, 6) is 0. The first-order chi connectivity index (χ1) is 9.89. The molecule has 0 aliphatic carbocycles. The average molecular weight is 299 g/mol. The summed E-state index contributed by atoms with van der Waals surface area (Å²) in [6, 6.07) is 12.8. The Balaban J connectivity index is 2.27. The minimum Gasteiger partial charge on any atom is -0.241 e. The second kappa shape index (κ2) is 4.74. The van der Waals surface area contributed by atoms with Crippen LogP contribution in [0.25, 0.3) is 10.9 Å². The summed E-state index contributed by atoms with van der Waals surface area (Å²) in [6.45, 7) is 5.89. The van der Waals surface area contributed by atoms with Crippen molar-refractivity contribution in [1.29, 1.82) is 0 Å². The maximum absolute atomic E-state index is 12.8. The zero-order valence-corrected chi connectivity index (χ0v) is 13.1. The number of nitrogens with zero attached hydrogens (tertiary/aromatic N) is 1. The van der Waals surface area contributed by atoms with Gasteiger partial charge in [0.1, 0.15) is 0 Å². The van der Waals surface area contributed by atoms with Gasteiger partial charge in [0.2, 0.25) is 0 Å². The van der Waals surface area contributed by atoms with Crippen molar-refractivity contribution in [3.63, 3.8) is 0 Å². The Labute approximate surface area is 124 Å². The molecule has 3 aromatic rings. The Morgan fingerprint density at radius 2 is 1.52 bits per heavy atom. The average Bonchev–Trinajstić information content (AvgIpc) is 2.83. The van der Waals surface area contributed by atoms with Crippen LogP contribution in [0.1, 0.15) is 16.7 Å². The second-order valence-electron chi connectivity index (χ2n) is 5.45. The zero-order chi connectivity index (χ0) is 15.2. The van der Waals surface area contributed by atoms with Crippen molar-refractivity contribution in [2.75, 3.05) is 0 Å². The molecule has 0 atom stereocenters. The molecule has 1 heterocycles. The van der Waals surface area contributed by atoms with Gasteiger partial charge in [0.05, 0.1) is 10.4 Å². The topological polar surface area (TPSA) is 39.1 Å². The van der Waals surface area contributed by atoms with Crippen molar-refractivity contribution >= 4 is 20.9 Å². The second-order valence-corrected chi connectivity index (χ2v) is 7.26. The third-order valence-electron chi connectivity index (χ3n) is 3.66. The fourth-order valence-electron chi connectivity index (χ4n) is 2.67. The van der Waals surface area contributed by atoms with Gasteiger partial charge in [-0.3, -0.25) is 0 Å². The molecule has 108 valence electrons. The summed E-state index contributed by atoms with van der Waals surface area (Å²) in [6.07, 6.45) is 1.63. The van der Waals surface area contributed by atoms with Crippen LogP contribution in [-0.2, 0) is 10.0 Å². The number of aromatic nitrogens is 1. The molecule has 0 aliphatic rings. The first-order valence-corrected chi connectivity index (χ1v) is 8.24. The molecule has 0 N–H and O–H groups in total. The van der Waals surface area contributed by atoms with E-state index >= 15 is 0 Å². The Morgan fingerprint density at radius 1 is 0.857 bits per heavy atom. The largest absolute Gasteiger partial charge is 0.268 e. The lowest BCUT2D eigenvalue weighted by molar-refractivity contribution is 0.589. The Morgan fingerprint density at radius 3 is 2.19 bits per heavy atom. The predicted octanol–water partition coefficient (Wildman–Crippen LogP) is 3.80. The molecule has 3 rings (SSSR count). The minimum atomic E-state index is -3.56. The highest BCUT2D eigenvalue weighted by Crippen LogP contribution is 2.26. The summed E-state index contributed by atoms with van der Waals surface area (Å²) >= 11 is 0. The summed E-state index contributed by atoms with van der Waals surface area (Å²) in [5.41, 5.74) is 3.88. The van der Waals surface area contributed by atoms with Crippen molar-refractivity contribution in [2.45, 2.75) is 25.7 Å². The van der Waals surface area contributed by atoms with Crippen LogP contribution in [0.5, 0.6) is 0 Å². The van der Waals surface area contributed by atoms with Crippen molar-refractivity contribution < 1.29 is 8.42 Å². The fourth-order valence-corrected chi connectivity index (χ4v) is 4.09. The van der Waals surface area contributed by atoms with E-state index in [9.17, 15) is 8.42 Å². The van der Waals surface area contributed by atoms with Gasteiger partial charge in [0, 0.05) is 11.6 Å². The van der Waals surface area contributed by atoms with Crippen molar-refractivity contribution in [3.8, 4) is 0 Å². The van der Waals surface area contributed by atoms with Gasteiger partial charge < -0.3 is 0 Å². The number of aryl methyl sites for hydroxylation is 3. The van der Waals surface area contributed by atoms with Crippen LogP contribution in [-0.4, -0.2) is 12.4 Å². The first-order valence-electron chi connectivity index (χ1n) is 6.80. The summed E-state index contributed by atoms with van der Waals surface area (Å²) < 4.78 is 27.0. The van der Waals surface area contributed by atoms with Crippen LogP contribution in [0.15, 0.2) is 53.6 Å². The van der Waals surface area contributed by atoms with Gasteiger partial charge in [0.15, 0.2) is 0 Å². The van der Waals surface area contributed by atoms with Gasteiger partial charge in [-0.25, -0.2) is 12.4 Å². The van der Waals surface area contributed by atoms with Crippen molar-refractivity contribution in [3.05, 3.63) is 65.4 Å². The lowest BCUT2D eigenvalue weighted by Gasteiger charge is -2.10. The zero-order valence-electron chi connectivity index (χ0n) is 12.3. The van der Waals surface area contributed by atoms with Gasteiger partial charge in [-0.2, -0.15) is 0 Å². The van der Waals surface area contributed by atoms with E-state index in [0.29, 0.717) is 4.90 Å². The third-order valence-corrected chi connectivity index (χ3v) is 5.35. The van der Waals surface area contributed by atoms with Crippen LogP contribution in [0.2, 0.25) is 0 Å². The van der Waals surface area contributed by atoms with Gasteiger partial charge in [0.25, 0.3) is 10.0 Å². The Kier molecular flexibility index (Phi) is 3.14. The standard InChI is InChI=1S/C17H17NO2S/c1-12-4-6-16(7-5-12)21(19,20)18-9-8-15-11-13(2)10-14(3)17(15)18/h4-11H,1-3H3. The lowest BCUT2D eigenvalue weighted by atomic mass is 10.1. The molecule has 1 aromatic heterocycles. The van der Waals surface area contributed by atoms with E-state index in [2.05, 4.69) is 0 Å². The molecule has 0 bridgehead atoms. The third kappa shape index (κ3) is 2.25. The molecule has 0 fully saturated rings. The van der Waals surface area contributed by atoms with Crippen LogP contribution in [0.3, 0.4) is 0 Å². The van der Waals surface area contributed by atoms with Gasteiger partial charge in [-0.15, -0.1) is 0 Å². The number of rotatable bonds is 2. The lowest BCUT2D eigenvalue weighted by Crippen LogP contribution is -2.12. The van der Waals surface area contributed by atoms with E-state index in [4.69, 9.17) is 0 Å². The maximum atomic E-state index is 12.8. The highest BCUT2D eigenvalue weighted by atomic mass is 32.2. The van der Waals surface area contributed by atoms with Crippen LogP contribution >= 0.6 is 0 Å². The molecule has 2 aromatic carbocycles. The molecule has 4 heteroatoms. The Bertz CT molecular complexity index is 919. The van der Waals surface area contributed by atoms with E-state index < -0.39 is 10.0 Å². The highest BCUT2D eigenvalue weighted by molar-refractivity contribution is 7.90. The van der Waals surface area contributed by atoms with Gasteiger partial charge >= 0.3 is 0 Å². The van der Waals surface area contributed by atoms with E-state index in [1.807, 2.05) is 51.1 Å². The number of hydrogen-bond acceptors (Lipinski definition) is 2. The fraction of sp³-hybridized carbons (Fsp3) is 0.176. The molecule has 0 aliphatic heterocycles. The quantitative estimate of drug-likeness (QED) is 0.722. The molecule has 0 saturated heterocycles. The molecular formula is C17H17NO2S. The molecular weight excluding hydrogens is 282 g/mol. The molecule has 3 nitrogen and oxygen atoms in total. The highest BCUT2D eigenvalue weighted by Gasteiger charge is 2.19. The summed E-state index contributed by atoms with van der Waals surface area (Å²) in [5, 5.41) is 0.947. The van der Waals surface area contributed by atoms with Gasteiger partial charge in [-0.05, 0) is 50.6 Å². The molecule has 0 saturated carbocycles. The minimum absolute atomic E-state index is 0.311. The SMILES string of the molecule is Cc1ccc(S(=O)(=O)n2ccc3cc(C)cc(C)c32)cc1. The van der Waals surface area contributed by atoms with Crippen LogP contribution in [0, 0.1) is 20.8 Å². The molecule has 0 spiro atoms. The van der Waals surface area contributed by atoms with E-state index in [1.54, 1.807) is 18.3 Å². The Hall–Kier alpha value is -2.07. The molecule has 0 amide bonds.